The molecule has 0 N–H and O–H groups in total. The second-order valence-corrected chi connectivity index (χ2v) is 4.23. The number of allylic oxidation sites excluding steroid dienone is 2. The summed E-state index contributed by atoms with van der Waals surface area (Å²) in [4.78, 5) is 0. The Morgan fingerprint density at radius 2 is 2.12 bits per heavy atom. The Labute approximate surface area is 106 Å². The van der Waals surface area contributed by atoms with Gasteiger partial charge in [0.25, 0.3) is 0 Å². The topological polar surface area (TPSA) is 9.23 Å². The van der Waals surface area contributed by atoms with Gasteiger partial charge in [-0.2, -0.15) is 0 Å². The molecule has 0 saturated carbocycles. The minimum absolute atomic E-state index is 0.193. The highest BCUT2D eigenvalue weighted by Crippen LogP contribution is 2.25. The molecule has 94 valence electrons. The van der Waals surface area contributed by atoms with Crippen LogP contribution >= 0.6 is 15.9 Å². The molecular weight excluding hydrogens is 297 g/mol. The molecule has 0 unspecified atom stereocenters. The summed E-state index contributed by atoms with van der Waals surface area (Å²) in [5, 5.41) is 0.823. The van der Waals surface area contributed by atoms with Crippen molar-refractivity contribution >= 4 is 21.5 Å². The van der Waals surface area contributed by atoms with Gasteiger partial charge in [0.15, 0.2) is 0 Å². The van der Waals surface area contributed by atoms with E-state index in [9.17, 15) is 13.2 Å². The van der Waals surface area contributed by atoms with E-state index in [-0.39, 0.29) is 5.75 Å². The Balaban J connectivity index is 2.86. The van der Waals surface area contributed by atoms with Crippen LogP contribution in [0.1, 0.15) is 18.9 Å². The highest BCUT2D eigenvalue weighted by atomic mass is 79.9. The standard InChI is InChI=1S/C12H12BrF3O/c1-9(4-3-7-13)10-5-2-6-11(8-10)17-12(14,15)16/h2,4-6,8H,3,7H2,1H3. The lowest BCUT2D eigenvalue weighted by molar-refractivity contribution is -0.274. The number of ether oxygens (including phenoxy) is 1. The molecule has 0 atom stereocenters. The van der Waals surface area contributed by atoms with E-state index in [1.165, 1.54) is 12.1 Å². The van der Waals surface area contributed by atoms with Crippen LogP contribution in [-0.4, -0.2) is 11.7 Å². The van der Waals surface area contributed by atoms with Gasteiger partial charge in [0.05, 0.1) is 0 Å². The maximum absolute atomic E-state index is 12.0. The van der Waals surface area contributed by atoms with Crippen LogP contribution in [0.5, 0.6) is 5.75 Å². The molecule has 1 aromatic carbocycles. The molecule has 0 bridgehead atoms. The minimum Gasteiger partial charge on any atom is -0.406 e. The zero-order valence-electron chi connectivity index (χ0n) is 9.22. The van der Waals surface area contributed by atoms with Gasteiger partial charge >= 0.3 is 6.36 Å². The van der Waals surface area contributed by atoms with Crippen LogP contribution in [0.3, 0.4) is 0 Å². The van der Waals surface area contributed by atoms with Crippen molar-refractivity contribution in [2.75, 3.05) is 5.33 Å². The summed E-state index contributed by atoms with van der Waals surface area (Å²) in [7, 11) is 0. The fourth-order valence-corrected chi connectivity index (χ4v) is 1.56. The van der Waals surface area contributed by atoms with Crippen molar-refractivity contribution in [2.24, 2.45) is 0 Å². The molecule has 0 amide bonds. The molecule has 0 radical (unpaired) electrons. The first-order chi connectivity index (χ1) is 7.92. The average molecular weight is 309 g/mol. The van der Waals surface area contributed by atoms with Gasteiger partial charge in [-0.3, -0.25) is 0 Å². The maximum Gasteiger partial charge on any atom is 0.573 e. The molecule has 0 aliphatic heterocycles. The summed E-state index contributed by atoms with van der Waals surface area (Å²) in [6, 6.07) is 5.97. The van der Waals surface area contributed by atoms with E-state index in [0.29, 0.717) is 0 Å². The van der Waals surface area contributed by atoms with Crippen LogP contribution < -0.4 is 4.74 Å². The lowest BCUT2D eigenvalue weighted by atomic mass is 10.1. The quantitative estimate of drug-likeness (QED) is 0.728. The molecular formula is C12H12BrF3O. The molecule has 0 aromatic heterocycles. The molecule has 1 aromatic rings. The lowest BCUT2D eigenvalue weighted by Crippen LogP contribution is -2.17. The van der Waals surface area contributed by atoms with Gasteiger partial charge in [-0.25, -0.2) is 0 Å². The Kier molecular flexibility index (Phi) is 5.05. The van der Waals surface area contributed by atoms with E-state index >= 15 is 0 Å². The van der Waals surface area contributed by atoms with Gasteiger partial charge in [-0.15, -0.1) is 13.2 Å². The Bertz CT molecular complexity index is 399. The molecule has 0 fully saturated rings. The summed E-state index contributed by atoms with van der Waals surface area (Å²) in [5.74, 6) is -0.193. The predicted octanol–water partition coefficient (Wildman–Crippen LogP) is 4.77. The summed E-state index contributed by atoms with van der Waals surface area (Å²) in [5.41, 5.74) is 1.66. The van der Waals surface area contributed by atoms with E-state index < -0.39 is 6.36 Å². The van der Waals surface area contributed by atoms with Gasteiger partial charge in [0.1, 0.15) is 5.75 Å². The largest absolute Gasteiger partial charge is 0.573 e. The number of rotatable bonds is 4. The fraction of sp³-hybridized carbons (Fsp3) is 0.333. The van der Waals surface area contributed by atoms with Crippen molar-refractivity contribution < 1.29 is 17.9 Å². The Morgan fingerprint density at radius 3 is 2.71 bits per heavy atom. The van der Waals surface area contributed by atoms with E-state index in [1.54, 1.807) is 12.1 Å². The van der Waals surface area contributed by atoms with Crippen LogP contribution in [0.4, 0.5) is 13.2 Å². The third kappa shape index (κ3) is 5.26. The number of hydrogen-bond acceptors (Lipinski definition) is 1. The molecule has 0 aliphatic rings. The first-order valence-corrected chi connectivity index (χ1v) is 6.13. The zero-order valence-corrected chi connectivity index (χ0v) is 10.8. The van der Waals surface area contributed by atoms with Crippen LogP contribution in [-0.2, 0) is 0 Å². The minimum atomic E-state index is -4.65. The SMILES string of the molecule is CC(=CCCBr)c1cccc(OC(F)(F)F)c1. The van der Waals surface area contributed by atoms with E-state index in [2.05, 4.69) is 20.7 Å². The van der Waals surface area contributed by atoms with Gasteiger partial charge in [-0.05, 0) is 36.6 Å². The summed E-state index contributed by atoms with van der Waals surface area (Å²) >= 11 is 3.29. The molecule has 0 aliphatic carbocycles. The van der Waals surface area contributed by atoms with Gasteiger partial charge in [-0.1, -0.05) is 34.1 Å². The van der Waals surface area contributed by atoms with Crippen molar-refractivity contribution in [3.8, 4) is 5.75 Å². The first-order valence-electron chi connectivity index (χ1n) is 5.01. The number of benzene rings is 1. The van der Waals surface area contributed by atoms with Crippen LogP contribution in [0.2, 0.25) is 0 Å². The second kappa shape index (κ2) is 6.10. The van der Waals surface area contributed by atoms with Crippen LogP contribution in [0.25, 0.3) is 5.57 Å². The normalized spacial score (nSPS) is 12.6. The van der Waals surface area contributed by atoms with E-state index in [1.807, 2.05) is 13.0 Å². The molecule has 5 heteroatoms. The molecule has 1 rings (SSSR count). The van der Waals surface area contributed by atoms with Crippen molar-refractivity contribution in [1.29, 1.82) is 0 Å². The number of hydrogen-bond donors (Lipinski definition) is 0. The van der Waals surface area contributed by atoms with Gasteiger partial charge in [0.2, 0.25) is 0 Å². The van der Waals surface area contributed by atoms with Crippen molar-refractivity contribution in [3.05, 3.63) is 35.9 Å². The third-order valence-corrected chi connectivity index (χ3v) is 2.54. The number of halogens is 4. The second-order valence-electron chi connectivity index (χ2n) is 3.44. The van der Waals surface area contributed by atoms with Crippen molar-refractivity contribution in [3.63, 3.8) is 0 Å². The molecule has 1 nitrogen and oxygen atoms in total. The summed E-state index contributed by atoms with van der Waals surface area (Å²) in [6.07, 6.45) is -1.86. The summed E-state index contributed by atoms with van der Waals surface area (Å²) in [6.45, 7) is 1.86. The average Bonchev–Trinajstić information content (AvgIpc) is 2.24. The van der Waals surface area contributed by atoms with Crippen molar-refractivity contribution in [1.82, 2.24) is 0 Å². The Morgan fingerprint density at radius 1 is 1.41 bits per heavy atom. The maximum atomic E-state index is 12.0. The van der Waals surface area contributed by atoms with Crippen LogP contribution in [0.15, 0.2) is 30.3 Å². The van der Waals surface area contributed by atoms with E-state index in [0.717, 1.165) is 22.9 Å². The first kappa shape index (κ1) is 14.1. The fourth-order valence-electron chi connectivity index (χ4n) is 1.33. The highest BCUT2D eigenvalue weighted by Gasteiger charge is 2.31. The number of alkyl halides is 4. The van der Waals surface area contributed by atoms with Crippen LogP contribution in [0, 0.1) is 0 Å². The van der Waals surface area contributed by atoms with E-state index in [4.69, 9.17) is 0 Å². The Hall–Kier alpha value is -0.970. The molecule has 0 saturated heterocycles. The highest BCUT2D eigenvalue weighted by molar-refractivity contribution is 9.09. The predicted molar refractivity (Wildman–Crippen MR) is 65.2 cm³/mol. The third-order valence-electron chi connectivity index (χ3n) is 2.08. The molecule has 17 heavy (non-hydrogen) atoms. The van der Waals surface area contributed by atoms with Crippen molar-refractivity contribution in [2.45, 2.75) is 19.7 Å². The smallest absolute Gasteiger partial charge is 0.406 e. The zero-order chi connectivity index (χ0) is 12.9. The van der Waals surface area contributed by atoms with Gasteiger partial charge < -0.3 is 4.74 Å². The monoisotopic (exact) mass is 308 g/mol. The lowest BCUT2D eigenvalue weighted by Gasteiger charge is -2.10. The molecule has 0 spiro atoms. The van der Waals surface area contributed by atoms with Gasteiger partial charge in [0, 0.05) is 5.33 Å². The molecule has 0 heterocycles. The summed E-state index contributed by atoms with van der Waals surface area (Å²) < 4.78 is 40.0.